The van der Waals surface area contributed by atoms with E-state index < -0.39 is 15.9 Å². The standard InChI is InChI=1S/C27H32N8O5S4/c1-5-34(6-2)44(38,39)19-14-12-18(13-15-19)24(37)28-16-22-30-32-26(35(22)20-10-8-9-11-21(20)40-4)42-17-23(36)29-25-31-33-27(43-25)41-7-3/h8-15H,5-7,16-17H2,1-4H3,(H,28,37)(H,29,31,36). The quantitative estimate of drug-likeness (QED) is 0.139. The topological polar surface area (TPSA) is 161 Å². The van der Waals surface area contributed by atoms with Crippen LogP contribution in [0.3, 0.4) is 0 Å². The molecule has 2 heterocycles. The van der Waals surface area contributed by atoms with Crippen molar-refractivity contribution in [2.45, 2.75) is 41.7 Å². The fourth-order valence-electron chi connectivity index (χ4n) is 4.04. The number of amides is 2. The molecular formula is C27H32N8O5S4. The van der Waals surface area contributed by atoms with Crippen molar-refractivity contribution in [3.05, 3.63) is 59.9 Å². The lowest BCUT2D eigenvalue weighted by Crippen LogP contribution is -2.30. The number of nitrogens with zero attached hydrogens (tertiary/aromatic N) is 6. The first-order valence-corrected chi connectivity index (χ1v) is 17.8. The second-order valence-electron chi connectivity index (χ2n) is 8.85. The van der Waals surface area contributed by atoms with E-state index in [0.717, 1.165) is 10.1 Å². The Labute approximate surface area is 268 Å². The lowest BCUT2D eigenvalue weighted by molar-refractivity contribution is -0.113. The number of para-hydroxylation sites is 2. The van der Waals surface area contributed by atoms with Crippen molar-refractivity contribution >= 4 is 61.8 Å². The maximum absolute atomic E-state index is 13.0. The van der Waals surface area contributed by atoms with E-state index in [1.807, 2.05) is 25.1 Å². The van der Waals surface area contributed by atoms with E-state index >= 15 is 0 Å². The van der Waals surface area contributed by atoms with Crippen molar-refractivity contribution in [2.24, 2.45) is 0 Å². The van der Waals surface area contributed by atoms with Gasteiger partial charge in [0.2, 0.25) is 21.1 Å². The molecular weight excluding hydrogens is 645 g/mol. The second kappa shape index (κ2) is 15.5. The molecule has 0 radical (unpaired) electrons. The monoisotopic (exact) mass is 676 g/mol. The van der Waals surface area contributed by atoms with Crippen LogP contribution in [0.2, 0.25) is 0 Å². The third kappa shape index (κ3) is 7.95. The normalized spacial score (nSPS) is 11.5. The first kappa shape index (κ1) is 33.4. The van der Waals surface area contributed by atoms with Gasteiger partial charge >= 0.3 is 0 Å². The van der Waals surface area contributed by atoms with Gasteiger partial charge in [-0.05, 0) is 42.2 Å². The van der Waals surface area contributed by atoms with Crippen LogP contribution in [0, 0.1) is 0 Å². The van der Waals surface area contributed by atoms with Crippen LogP contribution >= 0.6 is 34.9 Å². The Balaban J connectivity index is 1.49. The zero-order chi connectivity index (χ0) is 31.7. The molecule has 2 amide bonds. The fraction of sp³-hybridized carbons (Fsp3) is 0.333. The molecule has 0 saturated heterocycles. The molecule has 2 N–H and O–H groups in total. The highest BCUT2D eigenvalue weighted by Crippen LogP contribution is 2.29. The van der Waals surface area contributed by atoms with Gasteiger partial charge in [0.1, 0.15) is 5.75 Å². The summed E-state index contributed by atoms with van der Waals surface area (Å²) < 4.78 is 35.0. The minimum Gasteiger partial charge on any atom is -0.495 e. The van der Waals surface area contributed by atoms with E-state index in [1.165, 1.54) is 51.7 Å². The molecule has 13 nitrogen and oxygen atoms in total. The van der Waals surface area contributed by atoms with E-state index in [4.69, 9.17) is 4.74 Å². The average molecular weight is 677 g/mol. The molecule has 0 atom stereocenters. The van der Waals surface area contributed by atoms with Gasteiger partial charge in [0, 0.05) is 18.7 Å². The average Bonchev–Trinajstić information content (AvgIpc) is 3.65. The number of carbonyl (C=O) groups is 2. The van der Waals surface area contributed by atoms with E-state index in [9.17, 15) is 18.0 Å². The maximum atomic E-state index is 13.0. The lowest BCUT2D eigenvalue weighted by atomic mass is 10.2. The lowest BCUT2D eigenvalue weighted by Gasteiger charge is -2.18. The van der Waals surface area contributed by atoms with Gasteiger partial charge in [0.05, 0.1) is 30.0 Å². The largest absolute Gasteiger partial charge is 0.495 e. The summed E-state index contributed by atoms with van der Waals surface area (Å²) in [6.45, 7) is 6.25. The molecule has 4 aromatic rings. The van der Waals surface area contributed by atoms with Gasteiger partial charge < -0.3 is 10.1 Å². The minimum absolute atomic E-state index is 0.00120. The van der Waals surface area contributed by atoms with Crippen LogP contribution in [0.1, 0.15) is 37.0 Å². The summed E-state index contributed by atoms with van der Waals surface area (Å²) in [5.74, 6) is 1.13. The van der Waals surface area contributed by atoms with Gasteiger partial charge in [-0.2, -0.15) is 4.31 Å². The summed E-state index contributed by atoms with van der Waals surface area (Å²) >= 11 is 4.02. The van der Waals surface area contributed by atoms with Crippen LogP contribution in [0.15, 0.2) is 62.9 Å². The molecule has 0 unspecified atom stereocenters. The van der Waals surface area contributed by atoms with Crippen molar-refractivity contribution in [3.8, 4) is 11.4 Å². The molecule has 44 heavy (non-hydrogen) atoms. The Bertz CT molecular complexity index is 1690. The molecule has 4 rings (SSSR count). The highest BCUT2D eigenvalue weighted by Gasteiger charge is 2.23. The van der Waals surface area contributed by atoms with Gasteiger partial charge in [0.25, 0.3) is 5.91 Å². The van der Waals surface area contributed by atoms with E-state index in [1.54, 1.807) is 43.4 Å². The predicted octanol–water partition coefficient (Wildman–Crippen LogP) is 3.93. The number of ether oxygens (including phenoxy) is 1. The molecule has 0 aliphatic heterocycles. The minimum atomic E-state index is -3.64. The Morgan fingerprint density at radius 1 is 0.977 bits per heavy atom. The van der Waals surface area contributed by atoms with Gasteiger partial charge in [-0.3, -0.25) is 19.5 Å². The molecule has 0 saturated carbocycles. The van der Waals surface area contributed by atoms with Gasteiger partial charge in [-0.15, -0.1) is 20.4 Å². The molecule has 0 spiro atoms. The summed E-state index contributed by atoms with van der Waals surface area (Å²) in [4.78, 5) is 25.8. The Kier molecular flexibility index (Phi) is 11.7. The molecule has 0 bridgehead atoms. The summed E-state index contributed by atoms with van der Waals surface area (Å²) in [5, 5.41) is 23.0. The molecule has 2 aromatic heterocycles. The molecule has 2 aromatic carbocycles. The number of sulfonamides is 1. The maximum Gasteiger partial charge on any atom is 0.251 e. The second-order valence-corrected chi connectivity index (χ2v) is 14.2. The van der Waals surface area contributed by atoms with Crippen molar-refractivity contribution in [1.29, 1.82) is 0 Å². The van der Waals surface area contributed by atoms with E-state index in [0.29, 0.717) is 40.6 Å². The van der Waals surface area contributed by atoms with Crippen molar-refractivity contribution < 1.29 is 22.7 Å². The van der Waals surface area contributed by atoms with E-state index in [-0.39, 0.29) is 28.7 Å². The number of carbonyl (C=O) groups excluding carboxylic acids is 2. The Hall–Kier alpha value is -3.51. The van der Waals surface area contributed by atoms with Crippen molar-refractivity contribution in [2.75, 3.05) is 37.0 Å². The number of benzene rings is 2. The predicted molar refractivity (Wildman–Crippen MR) is 171 cm³/mol. The summed E-state index contributed by atoms with van der Waals surface area (Å²) in [6, 6.07) is 13.0. The number of anilines is 1. The van der Waals surface area contributed by atoms with Crippen LogP contribution in [-0.4, -0.2) is 81.2 Å². The Morgan fingerprint density at radius 3 is 2.39 bits per heavy atom. The third-order valence-electron chi connectivity index (χ3n) is 6.15. The number of aromatic nitrogens is 5. The summed E-state index contributed by atoms with van der Waals surface area (Å²) in [7, 11) is -2.10. The molecule has 0 aliphatic carbocycles. The first-order valence-electron chi connectivity index (χ1n) is 13.6. The highest BCUT2D eigenvalue weighted by molar-refractivity contribution is 8.01. The van der Waals surface area contributed by atoms with Crippen molar-refractivity contribution in [3.63, 3.8) is 0 Å². The number of nitrogens with one attached hydrogen (secondary N) is 2. The summed E-state index contributed by atoms with van der Waals surface area (Å²) in [6.07, 6.45) is 0. The van der Waals surface area contributed by atoms with Crippen LogP contribution in [0.25, 0.3) is 5.69 Å². The zero-order valence-corrected chi connectivity index (χ0v) is 27.8. The third-order valence-corrected chi connectivity index (χ3v) is 11.0. The number of rotatable bonds is 15. The molecule has 17 heteroatoms. The van der Waals surface area contributed by atoms with Gasteiger partial charge in [-0.1, -0.05) is 67.8 Å². The first-order chi connectivity index (χ1) is 21.2. The number of hydrogen-bond donors (Lipinski definition) is 2. The molecule has 234 valence electrons. The molecule has 0 aliphatic rings. The van der Waals surface area contributed by atoms with Crippen LogP contribution < -0.4 is 15.4 Å². The number of methoxy groups -OCH3 is 1. The SMILES string of the molecule is CCSc1nnc(NC(=O)CSc2nnc(CNC(=O)c3ccc(S(=O)(=O)N(CC)CC)cc3)n2-c2ccccc2OC)s1. The fourth-order valence-corrected chi connectivity index (χ4v) is 7.93. The smallest absolute Gasteiger partial charge is 0.251 e. The van der Waals surface area contributed by atoms with Crippen LogP contribution in [0.4, 0.5) is 5.13 Å². The zero-order valence-electron chi connectivity index (χ0n) is 24.5. The van der Waals surface area contributed by atoms with Crippen molar-refractivity contribution in [1.82, 2.24) is 34.6 Å². The molecule has 0 fully saturated rings. The van der Waals surface area contributed by atoms with E-state index in [2.05, 4.69) is 31.0 Å². The van der Waals surface area contributed by atoms with Gasteiger partial charge in [-0.25, -0.2) is 8.42 Å². The number of thioether (sulfide) groups is 2. The van der Waals surface area contributed by atoms with Crippen LogP contribution in [0.5, 0.6) is 5.75 Å². The number of hydrogen-bond acceptors (Lipinski definition) is 12. The van der Waals surface area contributed by atoms with Gasteiger partial charge in [0.15, 0.2) is 15.3 Å². The Morgan fingerprint density at radius 2 is 1.70 bits per heavy atom. The van der Waals surface area contributed by atoms with Crippen LogP contribution in [-0.2, 0) is 21.4 Å². The summed E-state index contributed by atoms with van der Waals surface area (Å²) in [5.41, 5.74) is 0.916. The highest BCUT2D eigenvalue weighted by atomic mass is 32.2.